The van der Waals surface area contributed by atoms with Gasteiger partial charge in [-0.05, 0) is 67.0 Å². The van der Waals surface area contributed by atoms with Gasteiger partial charge in [-0.25, -0.2) is 9.78 Å². The lowest BCUT2D eigenvalue weighted by atomic mass is 9.77. The van der Waals surface area contributed by atoms with Crippen LogP contribution in [0.25, 0.3) is 33.6 Å². The first kappa shape index (κ1) is 36.2. The third kappa shape index (κ3) is 6.35. The number of nitrogens with zero attached hydrogens (tertiary/aromatic N) is 6. The van der Waals surface area contributed by atoms with E-state index in [1.807, 2.05) is 83.4 Å². The number of aromatic nitrogens is 6. The van der Waals surface area contributed by atoms with Gasteiger partial charge in [0.15, 0.2) is 16.4 Å². The molecule has 0 fully saturated rings. The molecule has 6 aromatic rings. The van der Waals surface area contributed by atoms with Crippen LogP contribution in [0.5, 0.6) is 0 Å². The van der Waals surface area contributed by atoms with E-state index in [9.17, 15) is 4.79 Å². The second-order valence-corrected chi connectivity index (χ2v) is 14.3. The quantitative estimate of drug-likeness (QED) is 0.0894. The van der Waals surface area contributed by atoms with Gasteiger partial charge in [-0.15, -0.1) is 15.0 Å². The van der Waals surface area contributed by atoms with Crippen molar-refractivity contribution in [3.63, 3.8) is 0 Å². The molecule has 55 heavy (non-hydrogen) atoms. The van der Waals surface area contributed by atoms with Crippen molar-refractivity contribution in [3.05, 3.63) is 177 Å². The van der Waals surface area contributed by atoms with E-state index < -0.39 is 11.5 Å². The van der Waals surface area contributed by atoms with E-state index in [1.54, 1.807) is 17.3 Å². The highest BCUT2D eigenvalue weighted by Crippen LogP contribution is 2.49. The number of benzene rings is 4. The Morgan fingerprint density at radius 2 is 1.42 bits per heavy atom. The second-order valence-electron chi connectivity index (χ2n) is 13.2. The molecule has 0 saturated heterocycles. The SMILES string of the molecule is CCCCc1nc(Cl)c(C(=O)OC)n1Cc1c2ccocc-2c(Br)c1-c1ccccc1-c1nnn(C(c2ccccc2)(c2ccccc2)c2ccccc2)n1. The molecule has 0 atom stereocenters. The van der Waals surface area contributed by atoms with Crippen molar-refractivity contribution < 1.29 is 13.9 Å². The zero-order valence-electron chi connectivity index (χ0n) is 30.2. The molecule has 2 aliphatic rings. The topological polar surface area (TPSA) is 101 Å². The smallest absolute Gasteiger partial charge is 0.357 e. The van der Waals surface area contributed by atoms with E-state index in [0.717, 1.165) is 67.4 Å². The lowest BCUT2D eigenvalue weighted by molar-refractivity contribution is 0.0588. The maximum Gasteiger partial charge on any atom is 0.357 e. The lowest BCUT2D eigenvalue weighted by Crippen LogP contribution is -2.39. The molecular formula is C44H36BrClN6O3. The zero-order chi connectivity index (χ0) is 37.9. The summed E-state index contributed by atoms with van der Waals surface area (Å²) < 4.78 is 13.6. The molecule has 8 rings (SSSR count). The van der Waals surface area contributed by atoms with Crippen LogP contribution in [0.1, 0.15) is 58.3 Å². The first-order chi connectivity index (χ1) is 27.0. The molecule has 2 aromatic heterocycles. The molecule has 0 N–H and O–H groups in total. The average Bonchev–Trinajstić information content (AvgIpc) is 3.93. The Morgan fingerprint density at radius 1 is 0.818 bits per heavy atom. The summed E-state index contributed by atoms with van der Waals surface area (Å²) in [7, 11) is 1.35. The second kappa shape index (κ2) is 15.5. The third-order valence-corrected chi connectivity index (χ3v) is 11.1. The van der Waals surface area contributed by atoms with Crippen LogP contribution in [0, 0.1) is 0 Å². The fraction of sp³-hybridized carbons (Fsp3) is 0.159. The molecule has 0 unspecified atom stereocenters. The molecule has 0 spiro atoms. The minimum atomic E-state index is -0.938. The van der Waals surface area contributed by atoms with Crippen molar-refractivity contribution in [2.75, 3.05) is 7.11 Å². The van der Waals surface area contributed by atoms with E-state index in [0.29, 0.717) is 18.1 Å². The van der Waals surface area contributed by atoms with E-state index in [4.69, 9.17) is 36.2 Å². The van der Waals surface area contributed by atoms with Crippen LogP contribution in [0.15, 0.2) is 143 Å². The summed E-state index contributed by atoms with van der Waals surface area (Å²) in [6.45, 7) is 2.41. The Balaban J connectivity index is 1.33. The first-order valence-electron chi connectivity index (χ1n) is 18.0. The Kier molecular flexibility index (Phi) is 10.2. The number of hydrogen-bond donors (Lipinski definition) is 0. The Morgan fingerprint density at radius 3 is 2.02 bits per heavy atom. The molecule has 9 nitrogen and oxygen atoms in total. The largest absolute Gasteiger partial charge is 0.472 e. The number of tetrazole rings is 1. The number of unbranched alkanes of at least 4 members (excludes halogenated alkanes) is 1. The number of carbonyl (C=O) groups is 1. The summed E-state index contributed by atoms with van der Waals surface area (Å²) in [5.74, 6) is 0.605. The van der Waals surface area contributed by atoms with E-state index in [1.165, 1.54) is 7.11 Å². The molecule has 1 aliphatic heterocycles. The van der Waals surface area contributed by atoms with Gasteiger partial charge in [-0.3, -0.25) is 0 Å². The van der Waals surface area contributed by atoms with E-state index in [2.05, 4.69) is 70.3 Å². The van der Waals surface area contributed by atoms with Gasteiger partial charge >= 0.3 is 5.97 Å². The van der Waals surface area contributed by atoms with Gasteiger partial charge in [0.05, 0.1) is 26.2 Å². The maximum atomic E-state index is 13.2. The molecular weight excluding hydrogens is 776 g/mol. The van der Waals surface area contributed by atoms with E-state index in [-0.39, 0.29) is 17.4 Å². The van der Waals surface area contributed by atoms with Gasteiger partial charge in [0.25, 0.3) is 0 Å². The van der Waals surface area contributed by atoms with Crippen LogP contribution in [0.4, 0.5) is 0 Å². The summed E-state index contributed by atoms with van der Waals surface area (Å²) in [6, 6.07) is 40.7. The van der Waals surface area contributed by atoms with Crippen molar-refractivity contribution in [2.45, 2.75) is 38.3 Å². The van der Waals surface area contributed by atoms with Gasteiger partial charge in [0.1, 0.15) is 5.82 Å². The molecule has 0 amide bonds. The number of rotatable bonds is 12. The Labute approximate surface area is 332 Å². The zero-order valence-corrected chi connectivity index (χ0v) is 32.5. The lowest BCUT2D eigenvalue weighted by Gasteiger charge is -2.34. The number of aryl methyl sites for hydroxylation is 1. The summed E-state index contributed by atoms with van der Waals surface area (Å²) in [5, 5.41) is 15.0. The van der Waals surface area contributed by atoms with Crippen molar-refractivity contribution >= 4 is 33.5 Å². The van der Waals surface area contributed by atoms with E-state index >= 15 is 0 Å². The summed E-state index contributed by atoms with van der Waals surface area (Å²) in [6.07, 6.45) is 5.85. The van der Waals surface area contributed by atoms with Crippen LogP contribution in [0.2, 0.25) is 5.15 Å². The van der Waals surface area contributed by atoms with Gasteiger partial charge in [0.2, 0.25) is 5.82 Å². The van der Waals surface area contributed by atoms with Gasteiger partial charge in [-0.2, -0.15) is 0 Å². The van der Waals surface area contributed by atoms with Crippen LogP contribution in [0.3, 0.4) is 0 Å². The minimum Gasteiger partial charge on any atom is -0.472 e. The fourth-order valence-electron chi connectivity index (χ4n) is 7.51. The van der Waals surface area contributed by atoms with Crippen molar-refractivity contribution in [1.29, 1.82) is 0 Å². The highest BCUT2D eigenvalue weighted by Gasteiger charge is 2.41. The van der Waals surface area contributed by atoms with Crippen molar-refractivity contribution in [3.8, 4) is 33.6 Å². The first-order valence-corrected chi connectivity index (χ1v) is 19.2. The normalized spacial score (nSPS) is 11.6. The summed E-state index contributed by atoms with van der Waals surface area (Å²) >= 11 is 10.6. The number of fused-ring (bicyclic) bond motifs is 1. The van der Waals surface area contributed by atoms with Crippen LogP contribution in [-0.2, 0) is 23.2 Å². The van der Waals surface area contributed by atoms with Crippen molar-refractivity contribution in [1.82, 2.24) is 29.8 Å². The summed E-state index contributed by atoms with van der Waals surface area (Å²) in [4.78, 5) is 19.5. The number of carbonyl (C=O) groups excluding carboxylic acids is 1. The van der Waals surface area contributed by atoms with Crippen LogP contribution < -0.4 is 0 Å². The van der Waals surface area contributed by atoms with Gasteiger partial charge < -0.3 is 13.7 Å². The highest BCUT2D eigenvalue weighted by molar-refractivity contribution is 9.10. The standard InChI is InChI=1S/C44H36BrClN6O3/c1-3-4-24-37-47-41(46)40(43(53)54-2)51(37)27-35-32-25-26-55-28-36(32)39(45)38(35)33-22-14-15-23-34(33)42-48-50-52(49-42)44(29-16-8-5-9-17-29,30-18-10-6-11-19-30)31-20-12-7-13-21-31/h5-23,25-26,28H,3-4,24,27H2,1-2H3. The molecule has 0 radical (unpaired) electrons. The van der Waals surface area contributed by atoms with Gasteiger partial charge in [-0.1, -0.05) is 140 Å². The predicted octanol–water partition coefficient (Wildman–Crippen LogP) is 10.3. The number of imidazole rings is 1. The number of halogens is 2. The fourth-order valence-corrected chi connectivity index (χ4v) is 8.54. The monoisotopic (exact) mass is 810 g/mol. The number of hydrogen-bond acceptors (Lipinski definition) is 7. The molecule has 3 heterocycles. The van der Waals surface area contributed by atoms with Crippen LogP contribution in [-0.4, -0.2) is 42.8 Å². The molecule has 274 valence electrons. The van der Waals surface area contributed by atoms with Gasteiger partial charge in [0, 0.05) is 27.6 Å². The summed E-state index contributed by atoms with van der Waals surface area (Å²) in [5.41, 5.74) is 7.51. The maximum absolute atomic E-state index is 13.2. The number of ether oxygens (including phenoxy) is 1. The molecule has 0 bridgehead atoms. The highest BCUT2D eigenvalue weighted by atomic mass is 79.9. The molecule has 1 aliphatic carbocycles. The molecule has 4 aromatic carbocycles. The average molecular weight is 812 g/mol. The molecule has 0 saturated carbocycles. The Hall–Kier alpha value is -5.84. The van der Waals surface area contributed by atoms with Crippen molar-refractivity contribution in [2.24, 2.45) is 0 Å². The Bertz CT molecular complexity index is 2450. The predicted molar refractivity (Wildman–Crippen MR) is 216 cm³/mol. The number of methoxy groups -OCH3 is 1. The third-order valence-electron chi connectivity index (χ3n) is 10.1. The van der Waals surface area contributed by atoms with Crippen LogP contribution >= 0.6 is 27.5 Å². The molecule has 11 heteroatoms. The number of esters is 1. The minimum absolute atomic E-state index is 0.115.